The summed E-state index contributed by atoms with van der Waals surface area (Å²) >= 11 is 0. The zero-order valence-electron chi connectivity index (χ0n) is 16.4. The van der Waals surface area contributed by atoms with E-state index in [2.05, 4.69) is 52.4 Å². The van der Waals surface area contributed by atoms with Gasteiger partial charge in [-0.05, 0) is 48.3 Å². The van der Waals surface area contributed by atoms with Gasteiger partial charge in [0, 0.05) is 12.7 Å². The minimum atomic E-state index is 0.439. The average molecular weight is 364 g/mol. The minimum Gasteiger partial charge on any atom is -0.382 e. The smallest absolute Gasteiger partial charge is 0.183 e. The fourth-order valence-electron chi connectivity index (χ4n) is 4.06. The van der Waals surface area contributed by atoms with Gasteiger partial charge in [0.1, 0.15) is 17.5 Å². The molecule has 1 aliphatic carbocycles. The van der Waals surface area contributed by atoms with Crippen molar-refractivity contribution in [2.45, 2.75) is 58.9 Å². The first-order valence-corrected chi connectivity index (χ1v) is 9.96. The van der Waals surface area contributed by atoms with E-state index in [1.165, 1.54) is 37.6 Å². The summed E-state index contributed by atoms with van der Waals surface area (Å²) in [6.07, 6.45) is 8.42. The van der Waals surface area contributed by atoms with Crippen molar-refractivity contribution >= 4 is 17.0 Å². The quantitative estimate of drug-likeness (QED) is 0.741. The topological polar surface area (TPSA) is 82.5 Å². The molecular formula is C21H28N6. The van der Waals surface area contributed by atoms with E-state index < -0.39 is 0 Å². The minimum absolute atomic E-state index is 0.439. The number of hydrogen-bond acceptors (Lipinski definition) is 5. The van der Waals surface area contributed by atoms with Crippen LogP contribution in [-0.4, -0.2) is 24.5 Å². The molecule has 0 bridgehead atoms. The standard InChI is InChI=1S/C21H28N6/c1-13(2)16-8-9-23-17(10-16)21-26-20-18(19(22)24-12-25-20)27(21)11-15-6-4-14(3)5-7-15/h8-10,12-15H,4-7,11H2,1-3H3,(H2,22,24,25). The number of hydrogen-bond donors (Lipinski definition) is 1. The molecule has 3 aromatic rings. The maximum Gasteiger partial charge on any atom is 0.183 e. The number of nitrogens with zero attached hydrogens (tertiary/aromatic N) is 5. The Morgan fingerprint density at radius 1 is 1.15 bits per heavy atom. The van der Waals surface area contributed by atoms with Crippen LogP contribution in [0.1, 0.15) is 57.9 Å². The highest BCUT2D eigenvalue weighted by molar-refractivity contribution is 5.85. The molecule has 0 radical (unpaired) electrons. The summed E-state index contributed by atoms with van der Waals surface area (Å²) in [5.41, 5.74) is 9.84. The van der Waals surface area contributed by atoms with E-state index in [-0.39, 0.29) is 0 Å². The Kier molecular flexibility index (Phi) is 4.81. The van der Waals surface area contributed by atoms with Crippen molar-refractivity contribution in [1.82, 2.24) is 24.5 Å². The molecule has 0 atom stereocenters. The van der Waals surface area contributed by atoms with Crippen molar-refractivity contribution in [2.75, 3.05) is 5.73 Å². The summed E-state index contributed by atoms with van der Waals surface area (Å²) < 4.78 is 2.21. The zero-order valence-corrected chi connectivity index (χ0v) is 16.4. The molecule has 0 spiro atoms. The van der Waals surface area contributed by atoms with Crippen LogP contribution in [0.15, 0.2) is 24.7 Å². The lowest BCUT2D eigenvalue weighted by atomic mass is 9.83. The summed E-state index contributed by atoms with van der Waals surface area (Å²) in [6, 6.07) is 4.20. The molecule has 1 aliphatic rings. The van der Waals surface area contributed by atoms with Crippen LogP contribution >= 0.6 is 0 Å². The number of nitrogens with two attached hydrogens (primary N) is 1. The molecule has 3 heterocycles. The van der Waals surface area contributed by atoms with Gasteiger partial charge in [0.25, 0.3) is 0 Å². The fourth-order valence-corrected chi connectivity index (χ4v) is 4.06. The average Bonchev–Trinajstić information content (AvgIpc) is 3.03. The molecule has 0 amide bonds. The Morgan fingerprint density at radius 2 is 1.93 bits per heavy atom. The van der Waals surface area contributed by atoms with E-state index in [1.807, 2.05) is 6.20 Å². The van der Waals surface area contributed by atoms with E-state index >= 15 is 0 Å². The fraction of sp³-hybridized carbons (Fsp3) is 0.524. The second kappa shape index (κ2) is 7.25. The molecular weight excluding hydrogens is 336 g/mol. The molecule has 6 heteroatoms. The van der Waals surface area contributed by atoms with Crippen LogP contribution in [0, 0.1) is 11.8 Å². The van der Waals surface area contributed by atoms with E-state index in [9.17, 15) is 0 Å². The molecule has 4 rings (SSSR count). The molecule has 0 saturated heterocycles. The monoisotopic (exact) mass is 364 g/mol. The van der Waals surface area contributed by atoms with E-state index in [0.717, 1.165) is 29.5 Å². The van der Waals surface area contributed by atoms with Crippen LogP contribution < -0.4 is 5.73 Å². The number of anilines is 1. The highest BCUT2D eigenvalue weighted by Gasteiger charge is 2.23. The van der Waals surface area contributed by atoms with Gasteiger partial charge in [-0.15, -0.1) is 0 Å². The Balaban J connectivity index is 1.80. The summed E-state index contributed by atoms with van der Waals surface area (Å²) in [5.74, 6) is 3.24. The van der Waals surface area contributed by atoms with Gasteiger partial charge < -0.3 is 10.3 Å². The second-order valence-electron chi connectivity index (χ2n) is 8.23. The van der Waals surface area contributed by atoms with Crippen molar-refractivity contribution in [1.29, 1.82) is 0 Å². The molecule has 0 unspecified atom stereocenters. The van der Waals surface area contributed by atoms with Gasteiger partial charge in [-0.25, -0.2) is 15.0 Å². The number of nitrogen functional groups attached to an aromatic ring is 1. The lowest BCUT2D eigenvalue weighted by Gasteiger charge is -2.27. The number of rotatable bonds is 4. The highest BCUT2D eigenvalue weighted by atomic mass is 15.2. The number of aromatic nitrogens is 5. The van der Waals surface area contributed by atoms with E-state index in [0.29, 0.717) is 23.3 Å². The summed E-state index contributed by atoms with van der Waals surface area (Å²) in [7, 11) is 0. The molecule has 0 aliphatic heterocycles. The van der Waals surface area contributed by atoms with Gasteiger partial charge in [-0.2, -0.15) is 0 Å². The second-order valence-corrected chi connectivity index (χ2v) is 8.23. The lowest BCUT2D eigenvalue weighted by Crippen LogP contribution is -2.18. The van der Waals surface area contributed by atoms with Gasteiger partial charge in [0.05, 0.1) is 0 Å². The predicted octanol–water partition coefficient (Wildman–Crippen LogP) is 4.42. The lowest BCUT2D eigenvalue weighted by molar-refractivity contribution is 0.267. The maximum absolute atomic E-state index is 6.22. The normalized spacial score (nSPS) is 20.4. The third-order valence-electron chi connectivity index (χ3n) is 5.82. The van der Waals surface area contributed by atoms with Gasteiger partial charge in [0.15, 0.2) is 17.3 Å². The van der Waals surface area contributed by atoms with Crippen LogP contribution in [0.4, 0.5) is 5.82 Å². The van der Waals surface area contributed by atoms with Gasteiger partial charge >= 0.3 is 0 Å². The molecule has 1 fully saturated rings. The van der Waals surface area contributed by atoms with Crippen molar-refractivity contribution in [3.05, 3.63) is 30.2 Å². The van der Waals surface area contributed by atoms with Gasteiger partial charge in [0.2, 0.25) is 0 Å². The third-order valence-corrected chi connectivity index (χ3v) is 5.82. The third kappa shape index (κ3) is 3.53. The number of imidazole rings is 1. The van der Waals surface area contributed by atoms with Crippen LogP contribution in [0.25, 0.3) is 22.7 Å². The predicted molar refractivity (Wildman–Crippen MR) is 108 cm³/mol. The molecule has 27 heavy (non-hydrogen) atoms. The number of fused-ring (bicyclic) bond motifs is 1. The van der Waals surface area contributed by atoms with Crippen LogP contribution in [-0.2, 0) is 6.54 Å². The highest BCUT2D eigenvalue weighted by Crippen LogP contribution is 2.33. The van der Waals surface area contributed by atoms with Gasteiger partial charge in [-0.1, -0.05) is 33.6 Å². The van der Waals surface area contributed by atoms with Crippen LogP contribution in [0.5, 0.6) is 0 Å². The van der Waals surface area contributed by atoms with Crippen LogP contribution in [0.2, 0.25) is 0 Å². The first-order valence-electron chi connectivity index (χ1n) is 9.96. The maximum atomic E-state index is 6.22. The molecule has 1 saturated carbocycles. The van der Waals surface area contributed by atoms with Crippen molar-refractivity contribution in [3.8, 4) is 11.5 Å². The van der Waals surface area contributed by atoms with Gasteiger partial charge in [-0.3, -0.25) is 4.98 Å². The Labute approximate surface area is 160 Å². The van der Waals surface area contributed by atoms with Crippen molar-refractivity contribution in [2.24, 2.45) is 11.8 Å². The first-order chi connectivity index (χ1) is 13.0. The molecule has 142 valence electrons. The number of pyridine rings is 1. The van der Waals surface area contributed by atoms with Crippen molar-refractivity contribution in [3.63, 3.8) is 0 Å². The molecule has 6 nitrogen and oxygen atoms in total. The van der Waals surface area contributed by atoms with Crippen LogP contribution in [0.3, 0.4) is 0 Å². The van der Waals surface area contributed by atoms with E-state index in [1.54, 1.807) is 0 Å². The van der Waals surface area contributed by atoms with E-state index in [4.69, 9.17) is 10.7 Å². The Hall–Kier alpha value is -2.50. The van der Waals surface area contributed by atoms with Crippen molar-refractivity contribution < 1.29 is 0 Å². The first kappa shape index (κ1) is 17.9. The Morgan fingerprint density at radius 3 is 2.67 bits per heavy atom. The molecule has 2 N–H and O–H groups in total. The molecule has 3 aromatic heterocycles. The summed E-state index contributed by atoms with van der Waals surface area (Å²) in [6.45, 7) is 7.62. The Bertz CT molecular complexity index is 937. The molecule has 0 aromatic carbocycles. The zero-order chi connectivity index (χ0) is 19.0. The summed E-state index contributed by atoms with van der Waals surface area (Å²) in [5, 5.41) is 0. The largest absolute Gasteiger partial charge is 0.382 e. The SMILES string of the molecule is CC1CCC(Cn2c(-c3cc(C(C)C)ccn3)nc3ncnc(N)c32)CC1. The summed E-state index contributed by atoms with van der Waals surface area (Å²) in [4.78, 5) is 18.0.